The second-order valence-corrected chi connectivity index (χ2v) is 6.42. The number of hydrogen-bond donors (Lipinski definition) is 1. The van der Waals surface area contributed by atoms with Crippen LogP contribution >= 0.6 is 23.2 Å². The predicted molar refractivity (Wildman–Crippen MR) is 95.9 cm³/mol. The summed E-state index contributed by atoms with van der Waals surface area (Å²) in [5.41, 5.74) is -0.457. The van der Waals surface area contributed by atoms with Crippen LogP contribution in [-0.4, -0.2) is 38.6 Å². The Morgan fingerprint density at radius 2 is 1.78 bits per heavy atom. The molecule has 1 N–H and O–H groups in total. The average molecular weight is 409 g/mol. The van der Waals surface area contributed by atoms with Gasteiger partial charge in [0.05, 0.1) is 26.1 Å². The molecule has 9 nitrogen and oxygen atoms in total. The van der Waals surface area contributed by atoms with Gasteiger partial charge in [-0.05, 0) is 25.1 Å². The number of pyridine rings is 1. The van der Waals surface area contributed by atoms with Crippen LogP contribution < -0.4 is 5.32 Å². The van der Waals surface area contributed by atoms with E-state index >= 15 is 0 Å². The number of fused-ring (bicyclic) bond motifs is 1. The molecule has 1 aliphatic heterocycles. The Hall–Kier alpha value is -3.04. The fourth-order valence-electron chi connectivity index (χ4n) is 2.60. The summed E-state index contributed by atoms with van der Waals surface area (Å²) in [4.78, 5) is 52.3. The monoisotopic (exact) mass is 408 g/mol. The summed E-state index contributed by atoms with van der Waals surface area (Å²) in [6.07, 6.45) is 2.24. The Labute approximate surface area is 162 Å². The van der Waals surface area contributed by atoms with Gasteiger partial charge in [0, 0.05) is 6.20 Å². The van der Waals surface area contributed by atoms with Gasteiger partial charge in [-0.25, -0.2) is 0 Å². The summed E-state index contributed by atoms with van der Waals surface area (Å²) in [6.45, 7) is 1.33. The van der Waals surface area contributed by atoms with Crippen LogP contribution in [0, 0.1) is 10.1 Å². The van der Waals surface area contributed by atoms with Crippen LogP contribution in [0.5, 0.6) is 0 Å². The zero-order chi connectivity index (χ0) is 19.9. The van der Waals surface area contributed by atoms with Gasteiger partial charge in [-0.2, -0.15) is 0 Å². The Bertz CT molecular complexity index is 969. The molecule has 11 heteroatoms. The molecule has 1 atom stereocenters. The van der Waals surface area contributed by atoms with Crippen molar-refractivity contribution in [1.82, 2.24) is 9.88 Å². The Kier molecular flexibility index (Phi) is 4.81. The lowest BCUT2D eigenvalue weighted by molar-refractivity contribution is -0.384. The number of halogens is 2. The van der Waals surface area contributed by atoms with Gasteiger partial charge in [0.2, 0.25) is 5.91 Å². The van der Waals surface area contributed by atoms with Crippen molar-refractivity contribution in [3.8, 4) is 0 Å². The lowest BCUT2D eigenvalue weighted by atomic mass is 10.1. The van der Waals surface area contributed by atoms with E-state index in [1.165, 1.54) is 31.3 Å². The van der Waals surface area contributed by atoms with E-state index in [4.69, 9.17) is 23.2 Å². The third kappa shape index (κ3) is 3.22. The van der Waals surface area contributed by atoms with Gasteiger partial charge in [-0.15, -0.1) is 0 Å². The number of amides is 3. The standard InChI is InChI=1S/C16H10Cl2N4O5/c1-7(14(23)20-12-2-3-19-6-13(12)22(26)27)21-15(24)8-4-10(17)11(18)5-9(8)16(21)25/h2-7H,1H3,(H,19,20,23). The first kappa shape index (κ1) is 18.7. The summed E-state index contributed by atoms with van der Waals surface area (Å²) < 4.78 is 0. The van der Waals surface area contributed by atoms with Gasteiger partial charge in [0.15, 0.2) is 0 Å². The molecule has 0 saturated heterocycles. The molecule has 2 aromatic rings. The van der Waals surface area contributed by atoms with E-state index in [2.05, 4.69) is 10.3 Å². The van der Waals surface area contributed by atoms with Crippen molar-refractivity contribution in [3.63, 3.8) is 0 Å². The van der Waals surface area contributed by atoms with Gasteiger partial charge in [0.1, 0.15) is 17.9 Å². The molecule has 0 aliphatic carbocycles. The molecule has 27 heavy (non-hydrogen) atoms. The molecule has 2 heterocycles. The highest BCUT2D eigenvalue weighted by molar-refractivity contribution is 6.43. The van der Waals surface area contributed by atoms with Gasteiger partial charge >= 0.3 is 5.69 Å². The van der Waals surface area contributed by atoms with Gasteiger partial charge < -0.3 is 5.32 Å². The van der Waals surface area contributed by atoms with Crippen molar-refractivity contribution in [2.75, 3.05) is 5.32 Å². The van der Waals surface area contributed by atoms with E-state index in [9.17, 15) is 24.5 Å². The Balaban J connectivity index is 1.87. The highest BCUT2D eigenvalue weighted by Crippen LogP contribution is 2.32. The Morgan fingerprint density at radius 3 is 2.30 bits per heavy atom. The van der Waals surface area contributed by atoms with Crippen LogP contribution in [0.15, 0.2) is 30.6 Å². The molecule has 1 aliphatic rings. The number of carbonyl (C=O) groups excluding carboxylic acids is 3. The molecule has 1 unspecified atom stereocenters. The quantitative estimate of drug-likeness (QED) is 0.471. The van der Waals surface area contributed by atoms with Gasteiger partial charge in [-0.1, -0.05) is 23.2 Å². The number of nitro groups is 1. The number of benzene rings is 1. The maximum atomic E-state index is 12.5. The van der Waals surface area contributed by atoms with Crippen LogP contribution in [-0.2, 0) is 4.79 Å². The van der Waals surface area contributed by atoms with E-state index < -0.39 is 34.4 Å². The predicted octanol–water partition coefficient (Wildman–Crippen LogP) is 2.92. The number of rotatable bonds is 4. The normalized spacial score (nSPS) is 14.1. The van der Waals surface area contributed by atoms with Crippen LogP contribution in [0.3, 0.4) is 0 Å². The molecule has 1 aromatic heterocycles. The number of carbonyl (C=O) groups is 3. The molecule has 0 fully saturated rings. The van der Waals surface area contributed by atoms with Crippen molar-refractivity contribution in [2.24, 2.45) is 0 Å². The van der Waals surface area contributed by atoms with Crippen molar-refractivity contribution >= 4 is 52.3 Å². The lowest BCUT2D eigenvalue weighted by Crippen LogP contribution is -2.45. The molecule has 1 aromatic carbocycles. The summed E-state index contributed by atoms with van der Waals surface area (Å²) in [7, 11) is 0. The highest BCUT2D eigenvalue weighted by Gasteiger charge is 2.41. The van der Waals surface area contributed by atoms with Crippen molar-refractivity contribution in [2.45, 2.75) is 13.0 Å². The van der Waals surface area contributed by atoms with Crippen LogP contribution in [0.1, 0.15) is 27.6 Å². The average Bonchev–Trinajstić information content (AvgIpc) is 2.85. The third-order valence-corrected chi connectivity index (χ3v) is 4.70. The van der Waals surface area contributed by atoms with Gasteiger partial charge in [0.25, 0.3) is 11.8 Å². The minimum absolute atomic E-state index is 0.0314. The number of imide groups is 1. The number of nitrogens with zero attached hydrogens (tertiary/aromatic N) is 3. The first-order chi connectivity index (χ1) is 12.7. The molecule has 3 rings (SSSR count). The van der Waals surface area contributed by atoms with E-state index in [0.717, 1.165) is 11.1 Å². The molecule has 0 saturated carbocycles. The summed E-state index contributed by atoms with van der Waals surface area (Å²) in [5, 5.41) is 13.6. The number of aromatic nitrogens is 1. The van der Waals surface area contributed by atoms with Gasteiger partial charge in [-0.3, -0.25) is 34.4 Å². The second-order valence-electron chi connectivity index (χ2n) is 5.61. The lowest BCUT2D eigenvalue weighted by Gasteiger charge is -2.21. The molecular weight excluding hydrogens is 399 g/mol. The maximum absolute atomic E-state index is 12.5. The van der Waals surface area contributed by atoms with Crippen LogP contribution in [0.4, 0.5) is 11.4 Å². The van der Waals surface area contributed by atoms with E-state index in [0.29, 0.717) is 0 Å². The zero-order valence-electron chi connectivity index (χ0n) is 13.6. The molecular formula is C16H10Cl2N4O5. The smallest absolute Gasteiger partial charge is 0.310 e. The summed E-state index contributed by atoms with van der Waals surface area (Å²) in [5.74, 6) is -2.20. The molecule has 0 radical (unpaired) electrons. The van der Waals surface area contributed by atoms with Crippen molar-refractivity contribution < 1.29 is 19.3 Å². The van der Waals surface area contributed by atoms with E-state index in [-0.39, 0.29) is 26.9 Å². The summed E-state index contributed by atoms with van der Waals surface area (Å²) in [6, 6.07) is 2.53. The highest BCUT2D eigenvalue weighted by atomic mass is 35.5. The third-order valence-electron chi connectivity index (χ3n) is 3.98. The zero-order valence-corrected chi connectivity index (χ0v) is 15.1. The number of nitrogens with one attached hydrogen (secondary N) is 1. The van der Waals surface area contributed by atoms with Crippen molar-refractivity contribution in [1.29, 1.82) is 0 Å². The maximum Gasteiger partial charge on any atom is 0.310 e. The first-order valence-corrected chi connectivity index (χ1v) is 8.24. The Morgan fingerprint density at radius 1 is 1.22 bits per heavy atom. The number of hydrogen-bond acceptors (Lipinski definition) is 6. The SMILES string of the molecule is CC(C(=O)Nc1ccncc1[N+](=O)[O-])N1C(=O)c2cc(Cl)c(Cl)cc2C1=O. The van der Waals surface area contributed by atoms with Crippen LogP contribution in [0.2, 0.25) is 10.0 Å². The minimum Gasteiger partial charge on any atom is -0.318 e. The molecule has 0 bridgehead atoms. The fraction of sp³-hybridized carbons (Fsp3) is 0.125. The molecule has 3 amide bonds. The van der Waals surface area contributed by atoms with Crippen LogP contribution in [0.25, 0.3) is 0 Å². The first-order valence-electron chi connectivity index (χ1n) is 7.48. The minimum atomic E-state index is -1.23. The van der Waals surface area contributed by atoms with Crippen molar-refractivity contribution in [3.05, 3.63) is 61.9 Å². The van der Waals surface area contributed by atoms with E-state index in [1.807, 2.05) is 0 Å². The second kappa shape index (κ2) is 6.93. The fourth-order valence-corrected chi connectivity index (χ4v) is 2.92. The largest absolute Gasteiger partial charge is 0.318 e. The topological polar surface area (TPSA) is 123 Å². The molecule has 138 valence electrons. The van der Waals surface area contributed by atoms with E-state index in [1.54, 1.807) is 0 Å². The number of anilines is 1. The molecule has 0 spiro atoms. The summed E-state index contributed by atoms with van der Waals surface area (Å²) >= 11 is 11.8.